The topological polar surface area (TPSA) is 72.1 Å². The lowest BCUT2D eigenvalue weighted by Gasteiger charge is -2.17. The lowest BCUT2D eigenvalue weighted by molar-refractivity contribution is 0.0795. The van der Waals surface area contributed by atoms with Crippen LogP contribution >= 0.6 is 0 Å². The van der Waals surface area contributed by atoms with E-state index < -0.39 is 0 Å². The van der Waals surface area contributed by atoms with E-state index in [2.05, 4.69) is 15.1 Å². The Morgan fingerprint density at radius 2 is 2.21 bits per heavy atom. The number of hydrogen-bond acceptors (Lipinski definition) is 5. The second-order valence-electron chi connectivity index (χ2n) is 4.40. The summed E-state index contributed by atoms with van der Waals surface area (Å²) in [7, 11) is 1.76. The molecule has 0 N–H and O–H groups in total. The maximum Gasteiger partial charge on any atom is 0.253 e. The summed E-state index contributed by atoms with van der Waals surface area (Å²) in [5, 5.41) is 3.80. The molecule has 0 saturated carbocycles. The summed E-state index contributed by atoms with van der Waals surface area (Å²) in [6, 6.07) is 1.73. The van der Waals surface area contributed by atoms with Crippen LogP contribution in [0.1, 0.15) is 27.6 Å². The van der Waals surface area contributed by atoms with Crippen molar-refractivity contribution >= 4 is 5.91 Å². The fourth-order valence-electron chi connectivity index (χ4n) is 1.73. The average Bonchev–Trinajstić information content (AvgIpc) is 2.81. The van der Waals surface area contributed by atoms with Gasteiger partial charge in [0, 0.05) is 44.9 Å². The molecule has 0 unspecified atom stereocenters. The summed E-state index contributed by atoms with van der Waals surface area (Å²) < 4.78 is 4.89. The van der Waals surface area contributed by atoms with Gasteiger partial charge in [-0.1, -0.05) is 5.16 Å². The first-order chi connectivity index (χ1) is 9.08. The molecule has 0 fully saturated rings. The van der Waals surface area contributed by atoms with Crippen LogP contribution in [0.15, 0.2) is 23.0 Å². The molecule has 2 aromatic heterocycles. The van der Waals surface area contributed by atoms with Crippen LogP contribution in [-0.2, 0) is 6.42 Å². The van der Waals surface area contributed by atoms with E-state index in [1.165, 1.54) is 0 Å². The van der Waals surface area contributed by atoms with Gasteiger partial charge in [0.2, 0.25) is 5.89 Å². The smallest absolute Gasteiger partial charge is 0.253 e. The number of hydrogen-bond donors (Lipinski definition) is 0. The Morgan fingerprint density at radius 3 is 2.84 bits per heavy atom. The molecular weight excluding hydrogens is 244 g/mol. The van der Waals surface area contributed by atoms with Crippen LogP contribution in [0.5, 0.6) is 0 Å². The Morgan fingerprint density at radius 1 is 1.42 bits per heavy atom. The number of aryl methyl sites for hydroxylation is 2. The van der Waals surface area contributed by atoms with Crippen LogP contribution in [0.2, 0.25) is 0 Å². The Kier molecular flexibility index (Phi) is 3.89. The number of pyridine rings is 1. The summed E-state index contributed by atoms with van der Waals surface area (Å²) >= 11 is 0. The first kappa shape index (κ1) is 13.2. The molecule has 0 bridgehead atoms. The maximum atomic E-state index is 12.2. The molecule has 6 nitrogen and oxygen atoms in total. The molecule has 6 heteroatoms. The molecule has 0 aromatic carbocycles. The molecule has 2 aromatic rings. The predicted octanol–water partition coefficient (Wildman–Crippen LogP) is 1.40. The van der Waals surface area contributed by atoms with E-state index in [1.54, 1.807) is 37.3 Å². The van der Waals surface area contributed by atoms with Crippen LogP contribution in [0.4, 0.5) is 0 Å². The number of nitrogens with zero attached hydrogens (tertiary/aromatic N) is 4. The highest BCUT2D eigenvalue weighted by Crippen LogP contribution is 2.08. The third-order valence-electron chi connectivity index (χ3n) is 2.84. The summed E-state index contributed by atoms with van der Waals surface area (Å²) in [6.45, 7) is 4.15. The fourth-order valence-corrected chi connectivity index (χ4v) is 1.73. The number of amides is 1. The van der Waals surface area contributed by atoms with Gasteiger partial charge >= 0.3 is 0 Å². The number of carbonyl (C=O) groups is 1. The summed E-state index contributed by atoms with van der Waals surface area (Å²) in [5.41, 5.74) is 1.54. The molecule has 0 aliphatic heterocycles. The highest BCUT2D eigenvalue weighted by Gasteiger charge is 2.14. The largest absolute Gasteiger partial charge is 0.341 e. The van der Waals surface area contributed by atoms with Crippen molar-refractivity contribution in [3.63, 3.8) is 0 Å². The van der Waals surface area contributed by atoms with Gasteiger partial charge in [0.25, 0.3) is 5.91 Å². The van der Waals surface area contributed by atoms with Crippen molar-refractivity contribution in [3.05, 3.63) is 41.3 Å². The quantitative estimate of drug-likeness (QED) is 0.830. The molecule has 0 aliphatic rings. The molecule has 19 heavy (non-hydrogen) atoms. The number of carbonyl (C=O) groups excluding carboxylic acids is 1. The summed E-state index contributed by atoms with van der Waals surface area (Å²) in [6.07, 6.45) is 3.88. The van der Waals surface area contributed by atoms with E-state index in [-0.39, 0.29) is 5.91 Å². The molecule has 0 spiro atoms. The zero-order valence-electron chi connectivity index (χ0n) is 11.3. The van der Waals surface area contributed by atoms with Crippen molar-refractivity contribution in [3.8, 4) is 0 Å². The molecule has 100 valence electrons. The SMILES string of the molecule is Cc1nc(CCN(C)C(=O)c2ccncc2C)no1. The van der Waals surface area contributed by atoms with Gasteiger partial charge in [0.1, 0.15) is 0 Å². The van der Waals surface area contributed by atoms with Crippen molar-refractivity contribution in [1.29, 1.82) is 0 Å². The minimum absolute atomic E-state index is 0.0277. The van der Waals surface area contributed by atoms with E-state index in [0.29, 0.717) is 30.2 Å². The fraction of sp³-hybridized carbons (Fsp3) is 0.385. The standard InChI is InChI=1S/C13H16N4O2/c1-9-8-14-6-4-11(9)13(18)17(3)7-5-12-15-10(2)19-16-12/h4,6,8H,5,7H2,1-3H3. The maximum absolute atomic E-state index is 12.2. The lowest BCUT2D eigenvalue weighted by atomic mass is 10.1. The molecule has 2 heterocycles. The van der Waals surface area contributed by atoms with Gasteiger partial charge in [-0.05, 0) is 18.6 Å². The number of aromatic nitrogens is 3. The highest BCUT2D eigenvalue weighted by atomic mass is 16.5. The number of rotatable bonds is 4. The molecule has 0 atom stereocenters. The number of likely N-dealkylation sites (N-methyl/N-ethyl adjacent to an activating group) is 1. The Hall–Kier alpha value is -2.24. The van der Waals surface area contributed by atoms with Gasteiger partial charge in [-0.25, -0.2) is 0 Å². The molecular formula is C13H16N4O2. The Bertz CT molecular complexity index is 580. The molecule has 2 rings (SSSR count). The van der Waals surface area contributed by atoms with Crippen molar-refractivity contribution in [2.75, 3.05) is 13.6 Å². The van der Waals surface area contributed by atoms with Gasteiger partial charge in [0.05, 0.1) is 0 Å². The van der Waals surface area contributed by atoms with E-state index in [4.69, 9.17) is 4.52 Å². The summed E-state index contributed by atoms with van der Waals surface area (Å²) in [4.78, 5) is 22.0. The van der Waals surface area contributed by atoms with E-state index >= 15 is 0 Å². The van der Waals surface area contributed by atoms with E-state index in [1.807, 2.05) is 6.92 Å². The first-order valence-electron chi connectivity index (χ1n) is 6.03. The molecule has 0 saturated heterocycles. The predicted molar refractivity (Wildman–Crippen MR) is 68.7 cm³/mol. The Labute approximate surface area is 111 Å². The van der Waals surface area contributed by atoms with Gasteiger partial charge in [-0.15, -0.1) is 0 Å². The van der Waals surface area contributed by atoms with Crippen molar-refractivity contribution in [2.24, 2.45) is 0 Å². The van der Waals surface area contributed by atoms with Crippen LogP contribution < -0.4 is 0 Å². The van der Waals surface area contributed by atoms with Gasteiger partial charge < -0.3 is 9.42 Å². The van der Waals surface area contributed by atoms with Crippen LogP contribution in [0.25, 0.3) is 0 Å². The molecule has 1 amide bonds. The third-order valence-corrected chi connectivity index (χ3v) is 2.84. The Balaban J connectivity index is 1.98. The second kappa shape index (κ2) is 5.60. The van der Waals surface area contributed by atoms with Crippen molar-refractivity contribution < 1.29 is 9.32 Å². The average molecular weight is 260 g/mol. The highest BCUT2D eigenvalue weighted by molar-refractivity contribution is 5.95. The zero-order chi connectivity index (χ0) is 13.8. The molecule has 0 aliphatic carbocycles. The van der Waals surface area contributed by atoms with Crippen molar-refractivity contribution in [2.45, 2.75) is 20.3 Å². The van der Waals surface area contributed by atoms with Crippen LogP contribution in [0.3, 0.4) is 0 Å². The van der Waals surface area contributed by atoms with Crippen LogP contribution in [-0.4, -0.2) is 39.5 Å². The van der Waals surface area contributed by atoms with Gasteiger partial charge in [-0.2, -0.15) is 4.98 Å². The summed E-state index contributed by atoms with van der Waals surface area (Å²) in [5.74, 6) is 1.12. The monoisotopic (exact) mass is 260 g/mol. The first-order valence-corrected chi connectivity index (χ1v) is 6.03. The normalized spacial score (nSPS) is 10.5. The van der Waals surface area contributed by atoms with E-state index in [0.717, 1.165) is 5.56 Å². The van der Waals surface area contributed by atoms with Crippen LogP contribution in [0, 0.1) is 13.8 Å². The van der Waals surface area contributed by atoms with E-state index in [9.17, 15) is 4.79 Å². The lowest BCUT2D eigenvalue weighted by Crippen LogP contribution is -2.29. The third kappa shape index (κ3) is 3.15. The van der Waals surface area contributed by atoms with Gasteiger partial charge in [0.15, 0.2) is 5.82 Å². The van der Waals surface area contributed by atoms with Crippen molar-refractivity contribution in [1.82, 2.24) is 20.0 Å². The molecule has 0 radical (unpaired) electrons. The zero-order valence-corrected chi connectivity index (χ0v) is 11.3. The van der Waals surface area contributed by atoms with Gasteiger partial charge in [-0.3, -0.25) is 9.78 Å². The minimum atomic E-state index is -0.0277. The second-order valence-corrected chi connectivity index (χ2v) is 4.40. The minimum Gasteiger partial charge on any atom is -0.341 e.